The van der Waals surface area contributed by atoms with Gasteiger partial charge in [0.1, 0.15) is 0 Å². The van der Waals surface area contributed by atoms with Gasteiger partial charge in [-0.25, -0.2) is 4.79 Å². The van der Waals surface area contributed by atoms with Crippen molar-refractivity contribution < 1.29 is 9.59 Å². The van der Waals surface area contributed by atoms with Gasteiger partial charge in [0, 0.05) is 18.8 Å². The normalized spacial score (nSPS) is 20.3. The van der Waals surface area contributed by atoms with Crippen LogP contribution in [0, 0.1) is 0 Å². The lowest BCUT2D eigenvalue weighted by Crippen LogP contribution is -2.44. The molecule has 0 aliphatic carbocycles. The number of rotatable bonds is 1. The van der Waals surface area contributed by atoms with Crippen molar-refractivity contribution in [3.63, 3.8) is 0 Å². The summed E-state index contributed by atoms with van der Waals surface area (Å²) in [5.41, 5.74) is 5.21. The molecule has 0 spiro atoms. The van der Waals surface area contributed by atoms with Crippen molar-refractivity contribution in [2.75, 3.05) is 6.54 Å². The van der Waals surface area contributed by atoms with Gasteiger partial charge in [-0.1, -0.05) is 0 Å². The summed E-state index contributed by atoms with van der Waals surface area (Å²) in [7, 11) is 0. The van der Waals surface area contributed by atoms with E-state index in [1.807, 2.05) is 6.92 Å². The Morgan fingerprint density at radius 2 is 2.24 bits per heavy atom. The molecule has 0 aromatic carbocycles. The van der Waals surface area contributed by atoms with Crippen molar-refractivity contribution in [1.29, 1.82) is 0 Å². The topological polar surface area (TPSA) is 81.2 Å². The Balaban J connectivity index is 2.15. The van der Waals surface area contributed by atoms with Gasteiger partial charge in [0.2, 0.25) is 0 Å². The summed E-state index contributed by atoms with van der Waals surface area (Å²) in [5, 5.41) is 3.87. The number of nitrogens with two attached hydrogens (primary N) is 1. The number of amides is 2. The number of primary amides is 1. The number of carbonyl (C=O) groups is 2. The second kappa shape index (κ2) is 4.57. The number of likely N-dealkylation sites (tertiary alicyclic amines) is 1. The second-order valence-corrected chi connectivity index (χ2v) is 4.33. The quantitative estimate of drug-likeness (QED) is 0.783. The molecule has 1 aliphatic rings. The molecule has 6 nitrogen and oxygen atoms in total. The van der Waals surface area contributed by atoms with Crippen LogP contribution in [-0.2, 0) is 0 Å². The minimum absolute atomic E-state index is 0.114. The van der Waals surface area contributed by atoms with Gasteiger partial charge in [0.05, 0.1) is 0 Å². The molecule has 17 heavy (non-hydrogen) atoms. The molecule has 1 aromatic heterocycles. The SMILES string of the molecule is C[C@H]1CCCCN1C(=O)n1ccc(C(N)=O)n1. The zero-order chi connectivity index (χ0) is 12.4. The van der Waals surface area contributed by atoms with Crippen LogP contribution in [0.5, 0.6) is 0 Å². The molecular weight excluding hydrogens is 220 g/mol. The summed E-state index contributed by atoms with van der Waals surface area (Å²) in [6.07, 6.45) is 4.65. The third-order valence-electron chi connectivity index (χ3n) is 3.09. The molecule has 2 N–H and O–H groups in total. The first-order valence-electron chi connectivity index (χ1n) is 5.76. The fraction of sp³-hybridized carbons (Fsp3) is 0.545. The number of piperidine rings is 1. The third-order valence-corrected chi connectivity index (χ3v) is 3.09. The van der Waals surface area contributed by atoms with Crippen LogP contribution in [0.3, 0.4) is 0 Å². The van der Waals surface area contributed by atoms with Gasteiger partial charge in [0.15, 0.2) is 5.69 Å². The molecule has 2 amide bonds. The van der Waals surface area contributed by atoms with E-state index in [1.54, 1.807) is 4.90 Å². The summed E-state index contributed by atoms with van der Waals surface area (Å²) in [5.74, 6) is -0.622. The molecule has 0 bridgehead atoms. The van der Waals surface area contributed by atoms with Gasteiger partial charge in [-0.3, -0.25) is 4.79 Å². The van der Waals surface area contributed by atoms with E-state index in [9.17, 15) is 9.59 Å². The van der Waals surface area contributed by atoms with E-state index >= 15 is 0 Å². The Kier molecular flexibility index (Phi) is 3.12. The Morgan fingerprint density at radius 1 is 1.47 bits per heavy atom. The molecular formula is C11H16N4O2. The third kappa shape index (κ3) is 2.30. The molecule has 0 radical (unpaired) electrons. The maximum atomic E-state index is 12.1. The lowest BCUT2D eigenvalue weighted by Gasteiger charge is -2.32. The van der Waals surface area contributed by atoms with Crippen molar-refractivity contribution >= 4 is 11.9 Å². The highest BCUT2D eigenvalue weighted by atomic mass is 16.2. The lowest BCUT2D eigenvalue weighted by atomic mass is 10.0. The molecule has 2 rings (SSSR count). The molecule has 0 unspecified atom stereocenters. The van der Waals surface area contributed by atoms with E-state index in [2.05, 4.69) is 5.10 Å². The van der Waals surface area contributed by atoms with Crippen LogP contribution < -0.4 is 5.73 Å². The minimum Gasteiger partial charge on any atom is -0.364 e. The highest BCUT2D eigenvalue weighted by Crippen LogP contribution is 2.17. The van der Waals surface area contributed by atoms with Crippen molar-refractivity contribution in [1.82, 2.24) is 14.7 Å². The van der Waals surface area contributed by atoms with Crippen LogP contribution in [0.25, 0.3) is 0 Å². The van der Waals surface area contributed by atoms with Gasteiger partial charge < -0.3 is 10.6 Å². The fourth-order valence-electron chi connectivity index (χ4n) is 2.08. The zero-order valence-electron chi connectivity index (χ0n) is 9.80. The Morgan fingerprint density at radius 3 is 2.82 bits per heavy atom. The molecule has 1 aromatic rings. The van der Waals surface area contributed by atoms with Gasteiger partial charge in [-0.15, -0.1) is 0 Å². The van der Waals surface area contributed by atoms with Crippen molar-refractivity contribution in [2.24, 2.45) is 5.73 Å². The zero-order valence-corrected chi connectivity index (χ0v) is 9.80. The predicted molar refractivity (Wildman–Crippen MR) is 61.6 cm³/mol. The van der Waals surface area contributed by atoms with E-state index in [1.165, 1.54) is 16.9 Å². The molecule has 0 saturated carbocycles. The predicted octanol–water partition coefficient (Wildman–Crippen LogP) is 0.825. The van der Waals surface area contributed by atoms with Gasteiger partial charge in [-0.05, 0) is 32.3 Å². The van der Waals surface area contributed by atoms with Crippen LogP contribution in [0.4, 0.5) is 4.79 Å². The first-order valence-corrected chi connectivity index (χ1v) is 5.76. The van der Waals surface area contributed by atoms with E-state index in [0.29, 0.717) is 0 Å². The van der Waals surface area contributed by atoms with Crippen LogP contribution in [0.1, 0.15) is 36.7 Å². The molecule has 92 valence electrons. The summed E-state index contributed by atoms with van der Waals surface area (Å²) < 4.78 is 1.18. The van der Waals surface area contributed by atoms with Crippen molar-refractivity contribution in [2.45, 2.75) is 32.2 Å². The Bertz CT molecular complexity index is 440. The summed E-state index contributed by atoms with van der Waals surface area (Å²) in [6, 6.07) is 1.48. The first kappa shape index (κ1) is 11.6. The number of carbonyl (C=O) groups excluding carboxylic acids is 2. The van der Waals surface area contributed by atoms with Crippen LogP contribution in [0.15, 0.2) is 12.3 Å². The summed E-state index contributed by atoms with van der Waals surface area (Å²) in [6.45, 7) is 2.77. The highest BCUT2D eigenvalue weighted by molar-refractivity contribution is 5.91. The number of nitrogens with zero attached hydrogens (tertiary/aromatic N) is 3. The van der Waals surface area contributed by atoms with Gasteiger partial charge in [-0.2, -0.15) is 9.78 Å². The maximum absolute atomic E-state index is 12.1. The standard InChI is InChI=1S/C11H16N4O2/c1-8-4-2-3-6-14(8)11(17)15-7-5-9(13-15)10(12)16/h5,7-8H,2-4,6H2,1H3,(H2,12,16)/t8-/m0/s1. The Hall–Kier alpha value is -1.85. The van der Waals surface area contributed by atoms with Crippen molar-refractivity contribution in [3.05, 3.63) is 18.0 Å². The van der Waals surface area contributed by atoms with Crippen LogP contribution >= 0.6 is 0 Å². The Labute approximate surface area is 99.4 Å². The van der Waals surface area contributed by atoms with E-state index < -0.39 is 5.91 Å². The monoisotopic (exact) mass is 236 g/mol. The van der Waals surface area contributed by atoms with Crippen LogP contribution in [-0.4, -0.2) is 39.2 Å². The van der Waals surface area contributed by atoms with Gasteiger partial charge >= 0.3 is 6.03 Å². The second-order valence-electron chi connectivity index (χ2n) is 4.33. The number of hydrogen-bond donors (Lipinski definition) is 1. The number of hydrogen-bond acceptors (Lipinski definition) is 3. The van der Waals surface area contributed by atoms with E-state index in [-0.39, 0.29) is 17.8 Å². The highest BCUT2D eigenvalue weighted by Gasteiger charge is 2.25. The average Bonchev–Trinajstić information content (AvgIpc) is 2.78. The van der Waals surface area contributed by atoms with Crippen LogP contribution in [0.2, 0.25) is 0 Å². The van der Waals surface area contributed by atoms with Crippen molar-refractivity contribution in [3.8, 4) is 0 Å². The molecule has 1 saturated heterocycles. The van der Waals surface area contributed by atoms with E-state index in [4.69, 9.17) is 5.73 Å². The largest absolute Gasteiger partial charge is 0.364 e. The molecule has 1 aliphatic heterocycles. The maximum Gasteiger partial charge on any atom is 0.344 e. The summed E-state index contributed by atoms with van der Waals surface area (Å²) >= 11 is 0. The van der Waals surface area contributed by atoms with E-state index in [0.717, 1.165) is 25.8 Å². The van der Waals surface area contributed by atoms with Gasteiger partial charge in [0.25, 0.3) is 5.91 Å². The molecule has 1 fully saturated rings. The smallest absolute Gasteiger partial charge is 0.344 e. The average molecular weight is 236 g/mol. The minimum atomic E-state index is -0.622. The number of aromatic nitrogens is 2. The molecule has 2 heterocycles. The lowest BCUT2D eigenvalue weighted by molar-refractivity contribution is 0.0995. The molecule has 1 atom stereocenters. The summed E-state index contributed by atoms with van der Waals surface area (Å²) in [4.78, 5) is 24.8. The first-order chi connectivity index (χ1) is 8.09. The molecule has 6 heteroatoms. The fourth-order valence-corrected chi connectivity index (χ4v) is 2.08.